The van der Waals surface area contributed by atoms with Crippen molar-refractivity contribution in [2.45, 2.75) is 26.3 Å². The topological polar surface area (TPSA) is 47.1 Å². The molecule has 0 amide bonds. The smallest absolute Gasteiger partial charge is 0.150 e. The van der Waals surface area contributed by atoms with Gasteiger partial charge in [-0.3, -0.25) is 4.68 Å². The average molecular weight is 276 g/mol. The van der Waals surface area contributed by atoms with Crippen molar-refractivity contribution in [3.8, 4) is 0 Å². The van der Waals surface area contributed by atoms with Crippen LogP contribution in [0.2, 0.25) is 0 Å². The minimum absolute atomic E-state index is 0.222. The molecule has 0 saturated carbocycles. The molecule has 1 aromatic carbocycles. The van der Waals surface area contributed by atoms with E-state index in [0.29, 0.717) is 12.2 Å². The molecule has 0 atom stereocenters. The second kappa shape index (κ2) is 5.94. The Hall–Kier alpha value is -2.04. The summed E-state index contributed by atoms with van der Waals surface area (Å²) < 4.78 is 15.0. The number of rotatable bonds is 5. The van der Waals surface area contributed by atoms with Crippen LogP contribution < -0.4 is 10.6 Å². The summed E-state index contributed by atoms with van der Waals surface area (Å²) in [6.45, 7) is 2.69. The fourth-order valence-electron chi connectivity index (χ4n) is 2.44. The maximum atomic E-state index is 13.2. The van der Waals surface area contributed by atoms with E-state index in [-0.39, 0.29) is 5.82 Å². The summed E-state index contributed by atoms with van der Waals surface area (Å²) in [5, 5.41) is 4.46. The van der Waals surface area contributed by atoms with Crippen molar-refractivity contribution in [3.05, 3.63) is 41.3 Å². The fraction of sp³-hybridized carbons (Fsp3) is 0.400. The number of hydrogen-bond acceptors (Lipinski definition) is 3. The zero-order valence-electron chi connectivity index (χ0n) is 12.2. The van der Waals surface area contributed by atoms with E-state index in [4.69, 9.17) is 5.73 Å². The molecule has 0 aliphatic rings. The van der Waals surface area contributed by atoms with Crippen LogP contribution in [0.15, 0.2) is 24.3 Å². The summed E-state index contributed by atoms with van der Waals surface area (Å²) in [6.07, 6.45) is 1.88. The summed E-state index contributed by atoms with van der Waals surface area (Å²) in [5.41, 5.74) is 8.73. The van der Waals surface area contributed by atoms with E-state index < -0.39 is 0 Å². The van der Waals surface area contributed by atoms with Gasteiger partial charge in [-0.25, -0.2) is 4.39 Å². The Kier molecular flexibility index (Phi) is 4.27. The lowest BCUT2D eigenvalue weighted by atomic mass is 10.2. The van der Waals surface area contributed by atoms with E-state index in [9.17, 15) is 4.39 Å². The predicted octanol–water partition coefficient (Wildman–Crippen LogP) is 2.73. The Morgan fingerprint density at radius 1 is 1.40 bits per heavy atom. The maximum absolute atomic E-state index is 13.2. The predicted molar refractivity (Wildman–Crippen MR) is 80.1 cm³/mol. The number of nitrogens with zero attached hydrogens (tertiary/aromatic N) is 3. The number of aryl methyl sites for hydroxylation is 2. The van der Waals surface area contributed by atoms with Crippen LogP contribution in [0.3, 0.4) is 0 Å². The molecule has 0 saturated heterocycles. The van der Waals surface area contributed by atoms with Gasteiger partial charge in [-0.15, -0.1) is 0 Å². The largest absolute Gasteiger partial charge is 0.394 e. The van der Waals surface area contributed by atoms with Gasteiger partial charge in [0, 0.05) is 20.6 Å². The highest BCUT2D eigenvalue weighted by molar-refractivity contribution is 5.66. The number of hydrogen-bond donors (Lipinski definition) is 1. The summed E-state index contributed by atoms with van der Waals surface area (Å²) in [5.74, 6) is 0.651. The molecule has 0 fully saturated rings. The van der Waals surface area contributed by atoms with Crippen molar-refractivity contribution >= 4 is 11.5 Å². The highest BCUT2D eigenvalue weighted by Crippen LogP contribution is 2.27. The Labute approximate surface area is 119 Å². The van der Waals surface area contributed by atoms with Gasteiger partial charge in [-0.1, -0.05) is 25.5 Å². The third-order valence-corrected chi connectivity index (χ3v) is 3.29. The highest BCUT2D eigenvalue weighted by Gasteiger charge is 2.16. The van der Waals surface area contributed by atoms with Crippen molar-refractivity contribution in [2.24, 2.45) is 7.05 Å². The Bertz CT molecular complexity index is 592. The van der Waals surface area contributed by atoms with Crippen LogP contribution >= 0.6 is 0 Å². The molecular weight excluding hydrogens is 255 g/mol. The van der Waals surface area contributed by atoms with Gasteiger partial charge in [0.05, 0.1) is 11.4 Å². The van der Waals surface area contributed by atoms with Gasteiger partial charge in [-0.2, -0.15) is 5.10 Å². The summed E-state index contributed by atoms with van der Waals surface area (Å²) in [7, 11) is 3.82. The van der Waals surface area contributed by atoms with Gasteiger partial charge in [0.2, 0.25) is 0 Å². The van der Waals surface area contributed by atoms with Crippen LogP contribution in [-0.2, 0) is 20.0 Å². The first-order valence-electron chi connectivity index (χ1n) is 6.79. The van der Waals surface area contributed by atoms with Crippen molar-refractivity contribution in [2.75, 3.05) is 17.7 Å². The van der Waals surface area contributed by atoms with Crippen LogP contribution in [0.4, 0.5) is 15.9 Å². The van der Waals surface area contributed by atoms with Gasteiger partial charge in [0.15, 0.2) is 0 Å². The third-order valence-electron chi connectivity index (χ3n) is 3.29. The molecule has 0 spiro atoms. The van der Waals surface area contributed by atoms with E-state index >= 15 is 0 Å². The molecule has 0 aliphatic heterocycles. The summed E-state index contributed by atoms with van der Waals surface area (Å²) >= 11 is 0. The van der Waals surface area contributed by atoms with E-state index in [0.717, 1.165) is 29.9 Å². The lowest BCUT2D eigenvalue weighted by Crippen LogP contribution is -2.20. The second-order valence-electron chi connectivity index (χ2n) is 5.04. The molecule has 108 valence electrons. The van der Waals surface area contributed by atoms with Crippen molar-refractivity contribution < 1.29 is 4.39 Å². The zero-order valence-corrected chi connectivity index (χ0v) is 12.2. The Balaban J connectivity index is 2.23. The average Bonchev–Trinajstić information content (AvgIpc) is 2.65. The normalized spacial score (nSPS) is 10.8. The number of halogens is 1. The van der Waals surface area contributed by atoms with Crippen LogP contribution in [0, 0.1) is 5.82 Å². The van der Waals surface area contributed by atoms with Crippen LogP contribution in [0.25, 0.3) is 0 Å². The minimum Gasteiger partial charge on any atom is -0.394 e. The molecule has 20 heavy (non-hydrogen) atoms. The van der Waals surface area contributed by atoms with Crippen LogP contribution in [0.1, 0.15) is 24.6 Å². The summed E-state index contributed by atoms with van der Waals surface area (Å²) in [4.78, 5) is 2.00. The first-order valence-corrected chi connectivity index (χ1v) is 6.79. The molecular formula is C15H21FN4. The van der Waals surface area contributed by atoms with Gasteiger partial charge < -0.3 is 10.6 Å². The maximum Gasteiger partial charge on any atom is 0.150 e. The number of nitrogens with two attached hydrogens (primary N) is 1. The monoisotopic (exact) mass is 276 g/mol. The quantitative estimate of drug-likeness (QED) is 0.913. The van der Waals surface area contributed by atoms with E-state index in [1.807, 2.05) is 25.1 Å². The molecule has 0 bridgehead atoms. The molecule has 0 radical (unpaired) electrons. The highest BCUT2D eigenvalue weighted by atomic mass is 19.1. The molecule has 1 heterocycles. The van der Waals surface area contributed by atoms with Crippen LogP contribution in [-0.4, -0.2) is 16.8 Å². The van der Waals surface area contributed by atoms with Crippen LogP contribution in [0.5, 0.6) is 0 Å². The molecule has 2 rings (SSSR count). The lowest BCUT2D eigenvalue weighted by molar-refractivity contribution is 0.624. The molecule has 2 N–H and O–H groups in total. The Morgan fingerprint density at radius 2 is 2.15 bits per heavy atom. The van der Waals surface area contributed by atoms with Crippen molar-refractivity contribution in [1.82, 2.24) is 9.78 Å². The zero-order chi connectivity index (χ0) is 14.7. The van der Waals surface area contributed by atoms with Crippen molar-refractivity contribution in [3.63, 3.8) is 0 Å². The number of aromatic nitrogens is 2. The lowest BCUT2D eigenvalue weighted by Gasteiger charge is -2.20. The van der Waals surface area contributed by atoms with Gasteiger partial charge >= 0.3 is 0 Å². The van der Waals surface area contributed by atoms with Gasteiger partial charge in [0.1, 0.15) is 11.6 Å². The molecule has 1 aromatic heterocycles. The van der Waals surface area contributed by atoms with E-state index in [1.165, 1.54) is 12.1 Å². The van der Waals surface area contributed by atoms with Crippen molar-refractivity contribution in [1.29, 1.82) is 0 Å². The van der Waals surface area contributed by atoms with Gasteiger partial charge in [-0.05, 0) is 24.1 Å². The first kappa shape index (κ1) is 14.4. The molecule has 2 aromatic rings. The minimum atomic E-state index is -0.222. The number of anilines is 2. The molecule has 5 heteroatoms. The molecule has 0 aliphatic carbocycles. The number of nitrogen functional groups attached to an aromatic ring is 1. The van der Waals surface area contributed by atoms with E-state index in [1.54, 1.807) is 10.7 Å². The summed E-state index contributed by atoms with van der Waals surface area (Å²) in [6, 6.07) is 6.60. The third kappa shape index (κ3) is 2.92. The SMILES string of the molecule is CCCc1nn(C)c(N(C)Cc2cccc(F)c2)c1N. The molecule has 0 unspecified atom stereocenters. The fourth-order valence-corrected chi connectivity index (χ4v) is 2.44. The van der Waals surface area contributed by atoms with Gasteiger partial charge in [0.25, 0.3) is 0 Å². The van der Waals surface area contributed by atoms with E-state index in [2.05, 4.69) is 12.0 Å². The second-order valence-corrected chi connectivity index (χ2v) is 5.04. The first-order chi connectivity index (χ1) is 9.52. The Morgan fingerprint density at radius 3 is 2.80 bits per heavy atom. The standard InChI is InChI=1S/C15H21FN4/c1-4-6-13-14(17)15(20(3)18-13)19(2)10-11-7-5-8-12(16)9-11/h5,7-9H,4,6,10,17H2,1-3H3. The number of benzene rings is 1. The molecule has 4 nitrogen and oxygen atoms in total.